The molecule has 0 radical (unpaired) electrons. The number of rotatable bonds is 10. The Hall–Kier alpha value is -1.83. The van der Waals surface area contributed by atoms with Crippen LogP contribution in [0, 0.1) is 0 Å². The van der Waals surface area contributed by atoms with Crippen molar-refractivity contribution in [2.24, 2.45) is 0 Å². The van der Waals surface area contributed by atoms with E-state index >= 15 is 0 Å². The van der Waals surface area contributed by atoms with Gasteiger partial charge in [0.2, 0.25) is 0 Å². The lowest BCUT2D eigenvalue weighted by Gasteiger charge is -1.92. The standard InChI is InChI=1S/C18H26O2/c1-3-5-6-7-8-9-10-11-12-13-14-15-16-17-18(19)20-4-2/h8-17H,3-7H2,1-2H3. The van der Waals surface area contributed by atoms with Crippen LogP contribution < -0.4 is 0 Å². The molecule has 0 saturated carbocycles. The van der Waals surface area contributed by atoms with Gasteiger partial charge in [-0.2, -0.15) is 0 Å². The quantitative estimate of drug-likeness (QED) is 0.245. The second-order valence-corrected chi connectivity index (χ2v) is 4.19. The molecule has 0 saturated heterocycles. The predicted molar refractivity (Wildman–Crippen MR) is 86.5 cm³/mol. The van der Waals surface area contributed by atoms with Gasteiger partial charge in [-0.3, -0.25) is 0 Å². The molecule has 0 fully saturated rings. The molecule has 0 aromatic rings. The molecule has 0 amide bonds. The van der Waals surface area contributed by atoms with Gasteiger partial charge in [0, 0.05) is 6.08 Å². The van der Waals surface area contributed by atoms with E-state index in [2.05, 4.69) is 19.1 Å². The smallest absolute Gasteiger partial charge is 0.330 e. The first kappa shape index (κ1) is 18.2. The van der Waals surface area contributed by atoms with Gasteiger partial charge in [0.1, 0.15) is 0 Å². The van der Waals surface area contributed by atoms with Gasteiger partial charge in [0.25, 0.3) is 0 Å². The van der Waals surface area contributed by atoms with Crippen LogP contribution in [0.4, 0.5) is 0 Å². The van der Waals surface area contributed by atoms with E-state index in [1.807, 2.05) is 30.4 Å². The van der Waals surface area contributed by atoms with Crippen molar-refractivity contribution < 1.29 is 9.53 Å². The van der Waals surface area contributed by atoms with E-state index in [0.717, 1.165) is 6.42 Å². The number of ether oxygens (including phenoxy) is 1. The molecule has 0 N–H and O–H groups in total. The topological polar surface area (TPSA) is 26.3 Å². The van der Waals surface area contributed by atoms with Crippen LogP contribution in [0.5, 0.6) is 0 Å². The summed E-state index contributed by atoms with van der Waals surface area (Å²) < 4.78 is 4.75. The van der Waals surface area contributed by atoms with Crippen LogP contribution in [0.15, 0.2) is 60.8 Å². The van der Waals surface area contributed by atoms with Gasteiger partial charge in [0.15, 0.2) is 0 Å². The van der Waals surface area contributed by atoms with Crippen molar-refractivity contribution in [3.05, 3.63) is 60.8 Å². The summed E-state index contributed by atoms with van der Waals surface area (Å²) in [5, 5.41) is 0. The summed E-state index contributed by atoms with van der Waals surface area (Å²) in [5.41, 5.74) is 0. The van der Waals surface area contributed by atoms with Crippen LogP contribution in [0.3, 0.4) is 0 Å². The van der Waals surface area contributed by atoms with E-state index in [0.29, 0.717) is 6.61 Å². The number of esters is 1. The molecule has 0 aromatic carbocycles. The summed E-state index contributed by atoms with van der Waals surface area (Å²) in [5.74, 6) is -0.311. The van der Waals surface area contributed by atoms with Gasteiger partial charge < -0.3 is 4.74 Å². The van der Waals surface area contributed by atoms with Gasteiger partial charge in [0.05, 0.1) is 6.61 Å². The van der Waals surface area contributed by atoms with E-state index < -0.39 is 0 Å². The molecule has 0 rings (SSSR count). The number of allylic oxidation sites excluding steroid dienone is 9. The van der Waals surface area contributed by atoms with E-state index in [1.54, 1.807) is 19.1 Å². The van der Waals surface area contributed by atoms with Crippen molar-refractivity contribution in [2.45, 2.75) is 39.5 Å². The van der Waals surface area contributed by atoms with Gasteiger partial charge in [-0.25, -0.2) is 4.79 Å². The Bertz CT molecular complexity index is 371. The van der Waals surface area contributed by atoms with Crippen LogP contribution >= 0.6 is 0 Å². The highest BCUT2D eigenvalue weighted by molar-refractivity contribution is 5.82. The van der Waals surface area contributed by atoms with Gasteiger partial charge in [-0.05, 0) is 19.8 Å². The van der Waals surface area contributed by atoms with Crippen LogP contribution in [-0.4, -0.2) is 12.6 Å². The average molecular weight is 274 g/mol. The van der Waals surface area contributed by atoms with Crippen molar-refractivity contribution in [3.63, 3.8) is 0 Å². The molecule has 0 aliphatic heterocycles. The van der Waals surface area contributed by atoms with Gasteiger partial charge in [-0.15, -0.1) is 0 Å². The Balaban J connectivity index is 3.72. The van der Waals surface area contributed by atoms with E-state index in [1.165, 1.54) is 25.3 Å². The fraction of sp³-hybridized carbons (Fsp3) is 0.389. The molecule has 0 spiro atoms. The molecule has 0 heterocycles. The Labute approximate surface area is 123 Å². The molecular formula is C18H26O2. The minimum Gasteiger partial charge on any atom is -0.463 e. The highest BCUT2D eigenvalue weighted by atomic mass is 16.5. The highest BCUT2D eigenvalue weighted by Gasteiger charge is 1.89. The second kappa shape index (κ2) is 15.2. The van der Waals surface area contributed by atoms with Crippen LogP contribution in [-0.2, 0) is 9.53 Å². The molecule has 0 atom stereocenters. The number of hydrogen-bond donors (Lipinski definition) is 0. The summed E-state index contributed by atoms with van der Waals surface area (Å²) in [6.07, 6.45) is 23.9. The fourth-order valence-electron chi connectivity index (χ4n) is 1.40. The summed E-state index contributed by atoms with van der Waals surface area (Å²) in [4.78, 5) is 11.0. The zero-order valence-corrected chi connectivity index (χ0v) is 12.6. The largest absolute Gasteiger partial charge is 0.463 e. The third kappa shape index (κ3) is 14.2. The second-order valence-electron chi connectivity index (χ2n) is 4.19. The lowest BCUT2D eigenvalue weighted by atomic mass is 10.2. The van der Waals surface area contributed by atoms with E-state index in [9.17, 15) is 4.79 Å². The molecular weight excluding hydrogens is 248 g/mol. The summed E-state index contributed by atoms with van der Waals surface area (Å²) in [6.45, 7) is 4.41. The highest BCUT2D eigenvalue weighted by Crippen LogP contribution is 1.99. The minimum atomic E-state index is -0.311. The van der Waals surface area contributed by atoms with Crippen molar-refractivity contribution in [2.75, 3.05) is 6.61 Å². The first-order valence-corrected chi connectivity index (χ1v) is 7.31. The van der Waals surface area contributed by atoms with Gasteiger partial charge >= 0.3 is 5.97 Å². The molecule has 2 heteroatoms. The average Bonchev–Trinajstić information content (AvgIpc) is 2.44. The lowest BCUT2D eigenvalue weighted by Crippen LogP contribution is -1.98. The first-order valence-electron chi connectivity index (χ1n) is 7.31. The summed E-state index contributed by atoms with van der Waals surface area (Å²) >= 11 is 0. The molecule has 110 valence electrons. The van der Waals surface area contributed by atoms with Crippen molar-refractivity contribution >= 4 is 5.97 Å². The van der Waals surface area contributed by atoms with Crippen molar-refractivity contribution in [1.29, 1.82) is 0 Å². The maximum absolute atomic E-state index is 11.0. The van der Waals surface area contributed by atoms with Gasteiger partial charge in [-0.1, -0.05) is 74.4 Å². The SMILES string of the molecule is CCCCCC=CC=CC=CC=CC=CC(=O)OCC. The normalized spacial score (nSPS) is 12.7. The number of carbonyl (C=O) groups is 1. The molecule has 0 aliphatic rings. The Morgan fingerprint density at radius 3 is 2.05 bits per heavy atom. The number of carbonyl (C=O) groups excluding carboxylic acids is 1. The Kier molecular flexibility index (Phi) is 13.8. The fourth-order valence-corrected chi connectivity index (χ4v) is 1.40. The van der Waals surface area contributed by atoms with Crippen LogP contribution in [0.25, 0.3) is 0 Å². The first-order chi connectivity index (χ1) is 9.81. The zero-order valence-electron chi connectivity index (χ0n) is 12.6. The van der Waals surface area contributed by atoms with Crippen LogP contribution in [0.2, 0.25) is 0 Å². The number of hydrogen-bond acceptors (Lipinski definition) is 2. The summed E-state index contributed by atoms with van der Waals surface area (Å²) in [6, 6.07) is 0. The molecule has 20 heavy (non-hydrogen) atoms. The predicted octanol–water partition coefficient (Wildman–Crippen LogP) is 4.91. The lowest BCUT2D eigenvalue weighted by molar-refractivity contribution is -0.137. The molecule has 2 nitrogen and oxygen atoms in total. The zero-order chi connectivity index (χ0) is 14.9. The molecule has 0 bridgehead atoms. The monoisotopic (exact) mass is 274 g/mol. The van der Waals surface area contributed by atoms with Crippen molar-refractivity contribution in [1.82, 2.24) is 0 Å². The number of unbranched alkanes of at least 4 members (excludes halogenated alkanes) is 3. The summed E-state index contributed by atoms with van der Waals surface area (Å²) in [7, 11) is 0. The van der Waals surface area contributed by atoms with E-state index in [4.69, 9.17) is 4.74 Å². The molecule has 0 unspecified atom stereocenters. The minimum absolute atomic E-state index is 0.311. The van der Waals surface area contributed by atoms with Crippen LogP contribution in [0.1, 0.15) is 39.5 Å². The third-order valence-electron chi connectivity index (χ3n) is 2.41. The maximum Gasteiger partial charge on any atom is 0.330 e. The molecule has 0 aliphatic carbocycles. The maximum atomic E-state index is 11.0. The Morgan fingerprint density at radius 1 is 0.850 bits per heavy atom. The molecule has 0 aromatic heterocycles. The third-order valence-corrected chi connectivity index (χ3v) is 2.41. The van der Waals surface area contributed by atoms with Crippen molar-refractivity contribution in [3.8, 4) is 0 Å². The Morgan fingerprint density at radius 2 is 1.45 bits per heavy atom. The van der Waals surface area contributed by atoms with E-state index in [-0.39, 0.29) is 5.97 Å².